The minimum atomic E-state index is -0.967. The Labute approximate surface area is 134 Å². The maximum atomic E-state index is 13.3. The second kappa shape index (κ2) is 6.76. The number of nitro groups is 1. The van der Waals surface area contributed by atoms with Gasteiger partial charge in [-0.2, -0.15) is 4.39 Å². The number of amides is 1. The fourth-order valence-electron chi connectivity index (χ4n) is 1.73. The molecule has 5 nitrogen and oxygen atoms in total. The molecule has 0 atom stereocenters. The van der Waals surface area contributed by atoms with Crippen molar-refractivity contribution in [3.05, 3.63) is 62.9 Å². The fourth-order valence-corrected chi connectivity index (χ4v) is 2.38. The van der Waals surface area contributed by atoms with Crippen molar-refractivity contribution in [2.75, 3.05) is 11.6 Å². The van der Waals surface area contributed by atoms with E-state index in [4.69, 9.17) is 11.6 Å². The highest BCUT2D eigenvalue weighted by Crippen LogP contribution is 2.25. The van der Waals surface area contributed by atoms with Crippen molar-refractivity contribution >= 4 is 40.6 Å². The maximum absolute atomic E-state index is 13.3. The quantitative estimate of drug-likeness (QED) is 0.510. The summed E-state index contributed by atoms with van der Waals surface area (Å²) < 4.78 is 13.3. The zero-order valence-electron chi connectivity index (χ0n) is 11.3. The van der Waals surface area contributed by atoms with Crippen LogP contribution in [0.2, 0.25) is 5.02 Å². The molecule has 8 heteroatoms. The molecule has 0 radical (unpaired) electrons. The van der Waals surface area contributed by atoms with Crippen LogP contribution < -0.4 is 5.32 Å². The zero-order valence-corrected chi connectivity index (χ0v) is 12.9. The summed E-state index contributed by atoms with van der Waals surface area (Å²) in [6.45, 7) is 0. The molecule has 114 valence electrons. The summed E-state index contributed by atoms with van der Waals surface area (Å²) in [6.07, 6.45) is 1.86. The van der Waals surface area contributed by atoms with E-state index in [-0.39, 0.29) is 16.3 Å². The highest BCUT2D eigenvalue weighted by Gasteiger charge is 2.17. The number of hydrogen-bond donors (Lipinski definition) is 1. The lowest BCUT2D eigenvalue weighted by molar-refractivity contribution is -0.387. The van der Waals surface area contributed by atoms with E-state index in [9.17, 15) is 19.3 Å². The van der Waals surface area contributed by atoms with Crippen LogP contribution in [-0.2, 0) is 0 Å². The SMILES string of the molecule is CSc1ccc(Cl)c(C(=O)Nc2ccc(F)c([N+](=O)[O-])c2)c1. The van der Waals surface area contributed by atoms with Crippen LogP contribution in [0, 0.1) is 15.9 Å². The third kappa shape index (κ3) is 3.55. The van der Waals surface area contributed by atoms with Crippen LogP contribution in [-0.4, -0.2) is 17.1 Å². The van der Waals surface area contributed by atoms with Gasteiger partial charge in [0.05, 0.1) is 15.5 Å². The number of thioether (sulfide) groups is 1. The molecule has 2 aromatic carbocycles. The Bertz CT molecular complexity index is 755. The summed E-state index contributed by atoms with van der Waals surface area (Å²) in [7, 11) is 0. The minimum Gasteiger partial charge on any atom is -0.322 e. The van der Waals surface area contributed by atoms with Crippen molar-refractivity contribution in [1.29, 1.82) is 0 Å². The van der Waals surface area contributed by atoms with Gasteiger partial charge < -0.3 is 5.32 Å². The van der Waals surface area contributed by atoms with E-state index in [0.717, 1.165) is 17.0 Å². The van der Waals surface area contributed by atoms with E-state index in [2.05, 4.69) is 5.32 Å². The number of carbonyl (C=O) groups excluding carboxylic acids is 1. The molecule has 0 spiro atoms. The molecule has 0 aliphatic carbocycles. The molecule has 0 saturated heterocycles. The van der Waals surface area contributed by atoms with E-state index in [1.54, 1.807) is 18.2 Å². The van der Waals surface area contributed by atoms with Crippen molar-refractivity contribution in [2.45, 2.75) is 4.90 Å². The number of anilines is 1. The summed E-state index contributed by atoms with van der Waals surface area (Å²) in [5, 5.41) is 13.4. The summed E-state index contributed by atoms with van der Waals surface area (Å²) in [5.74, 6) is -1.49. The van der Waals surface area contributed by atoms with Crippen LogP contribution >= 0.6 is 23.4 Å². The van der Waals surface area contributed by atoms with Crippen molar-refractivity contribution < 1.29 is 14.1 Å². The highest BCUT2D eigenvalue weighted by atomic mass is 35.5. The van der Waals surface area contributed by atoms with Crippen LogP contribution in [0.4, 0.5) is 15.8 Å². The molecule has 1 amide bonds. The molecule has 2 rings (SSSR count). The Balaban J connectivity index is 2.29. The largest absolute Gasteiger partial charge is 0.322 e. The molecule has 0 unspecified atom stereocenters. The predicted molar refractivity (Wildman–Crippen MR) is 84.2 cm³/mol. The molecule has 0 heterocycles. The van der Waals surface area contributed by atoms with E-state index in [1.165, 1.54) is 17.8 Å². The van der Waals surface area contributed by atoms with Gasteiger partial charge in [0.25, 0.3) is 5.91 Å². The van der Waals surface area contributed by atoms with E-state index < -0.39 is 22.3 Å². The first-order valence-corrected chi connectivity index (χ1v) is 7.61. The smallest absolute Gasteiger partial charge is 0.306 e. The molecule has 0 bridgehead atoms. The van der Waals surface area contributed by atoms with Crippen LogP contribution in [0.15, 0.2) is 41.3 Å². The number of benzene rings is 2. The van der Waals surface area contributed by atoms with Gasteiger partial charge in [0.15, 0.2) is 0 Å². The lowest BCUT2D eigenvalue weighted by Gasteiger charge is -2.08. The first-order valence-electron chi connectivity index (χ1n) is 6.01. The van der Waals surface area contributed by atoms with Crippen LogP contribution in [0.5, 0.6) is 0 Å². The number of hydrogen-bond acceptors (Lipinski definition) is 4. The lowest BCUT2D eigenvalue weighted by Crippen LogP contribution is -2.13. The van der Waals surface area contributed by atoms with Gasteiger partial charge >= 0.3 is 5.69 Å². The number of nitro benzene ring substituents is 1. The molecule has 0 aliphatic rings. The minimum absolute atomic E-state index is 0.115. The third-order valence-corrected chi connectivity index (χ3v) is 3.87. The summed E-state index contributed by atoms with van der Waals surface area (Å²) >= 11 is 7.43. The molecule has 0 fully saturated rings. The second-order valence-corrected chi connectivity index (χ2v) is 5.51. The average molecular weight is 341 g/mol. The van der Waals surface area contributed by atoms with Gasteiger partial charge in [0, 0.05) is 16.6 Å². The van der Waals surface area contributed by atoms with Crippen molar-refractivity contribution in [3.8, 4) is 0 Å². The molecule has 22 heavy (non-hydrogen) atoms. The van der Waals surface area contributed by atoms with Gasteiger partial charge in [-0.05, 0) is 36.6 Å². The molecule has 0 aromatic heterocycles. The maximum Gasteiger partial charge on any atom is 0.306 e. The topological polar surface area (TPSA) is 72.2 Å². The average Bonchev–Trinajstić information content (AvgIpc) is 2.49. The molecular formula is C14H10ClFN2O3S. The van der Waals surface area contributed by atoms with Crippen LogP contribution in [0.3, 0.4) is 0 Å². The van der Waals surface area contributed by atoms with Gasteiger partial charge in [-0.1, -0.05) is 11.6 Å². The second-order valence-electron chi connectivity index (χ2n) is 4.22. The molecule has 1 N–H and O–H groups in total. The zero-order chi connectivity index (χ0) is 16.3. The van der Waals surface area contributed by atoms with Gasteiger partial charge in [0.2, 0.25) is 5.82 Å². The summed E-state index contributed by atoms with van der Waals surface area (Å²) in [5.41, 5.74) is -0.356. The monoisotopic (exact) mass is 340 g/mol. The number of nitrogens with one attached hydrogen (secondary N) is 1. The number of carbonyl (C=O) groups is 1. The Morgan fingerprint density at radius 3 is 2.68 bits per heavy atom. The normalized spacial score (nSPS) is 10.3. The summed E-state index contributed by atoms with van der Waals surface area (Å²) in [4.78, 5) is 22.9. The first kappa shape index (κ1) is 16.3. The van der Waals surface area contributed by atoms with Crippen LogP contribution in [0.25, 0.3) is 0 Å². The number of nitrogens with zero attached hydrogens (tertiary/aromatic N) is 1. The summed E-state index contributed by atoms with van der Waals surface area (Å²) in [6, 6.07) is 8.10. The van der Waals surface area contributed by atoms with Crippen molar-refractivity contribution in [3.63, 3.8) is 0 Å². The van der Waals surface area contributed by atoms with Gasteiger partial charge in [-0.15, -0.1) is 11.8 Å². The lowest BCUT2D eigenvalue weighted by atomic mass is 10.2. The van der Waals surface area contributed by atoms with Gasteiger partial charge in [-0.3, -0.25) is 14.9 Å². The van der Waals surface area contributed by atoms with Gasteiger partial charge in [0.1, 0.15) is 0 Å². The van der Waals surface area contributed by atoms with Crippen LogP contribution in [0.1, 0.15) is 10.4 Å². The number of rotatable bonds is 4. The highest BCUT2D eigenvalue weighted by molar-refractivity contribution is 7.98. The van der Waals surface area contributed by atoms with E-state index >= 15 is 0 Å². The molecule has 2 aromatic rings. The Kier molecular flexibility index (Phi) is 4.99. The van der Waals surface area contributed by atoms with E-state index in [1.807, 2.05) is 6.26 Å². The number of halogens is 2. The Morgan fingerprint density at radius 2 is 2.05 bits per heavy atom. The first-order chi connectivity index (χ1) is 10.4. The third-order valence-electron chi connectivity index (χ3n) is 2.82. The fraction of sp³-hybridized carbons (Fsp3) is 0.0714. The van der Waals surface area contributed by atoms with Crippen molar-refractivity contribution in [2.24, 2.45) is 0 Å². The Morgan fingerprint density at radius 1 is 1.32 bits per heavy atom. The van der Waals surface area contributed by atoms with E-state index in [0.29, 0.717) is 0 Å². The standard InChI is InChI=1S/C14H10ClFN2O3S/c1-22-9-3-4-11(15)10(7-9)14(19)17-8-2-5-12(16)13(6-8)18(20)21/h2-7H,1H3,(H,17,19). The van der Waals surface area contributed by atoms with Crippen molar-refractivity contribution in [1.82, 2.24) is 0 Å². The molecule has 0 aliphatic heterocycles. The molecular weight excluding hydrogens is 331 g/mol. The predicted octanol–water partition coefficient (Wildman–Crippen LogP) is 4.36. The van der Waals surface area contributed by atoms with Gasteiger partial charge in [-0.25, -0.2) is 0 Å². The molecule has 0 saturated carbocycles. The Hall–Kier alpha value is -2.12.